The molecule has 0 radical (unpaired) electrons. The van der Waals surface area contributed by atoms with Gasteiger partial charge in [0.2, 0.25) is 0 Å². The van der Waals surface area contributed by atoms with Gasteiger partial charge in [-0.3, -0.25) is 5.32 Å². The van der Waals surface area contributed by atoms with E-state index < -0.39 is 12.2 Å². The first-order chi connectivity index (χ1) is 14.2. The maximum atomic E-state index is 12.6. The van der Waals surface area contributed by atoms with Crippen molar-refractivity contribution in [3.05, 3.63) is 72.3 Å². The molecular weight excluding hydrogens is 370 g/mol. The second-order valence-corrected chi connectivity index (χ2v) is 6.55. The Balaban J connectivity index is 1.71. The molecule has 0 aliphatic rings. The molecule has 0 bridgehead atoms. The lowest BCUT2D eigenvalue weighted by atomic mass is 10.0. The first kappa shape index (κ1) is 20.6. The molecule has 0 saturated carbocycles. The molecular formula is C23H25NO5. The topological polar surface area (TPSA) is 88.0 Å². The highest BCUT2D eigenvalue weighted by atomic mass is 16.6. The molecule has 3 aromatic carbocycles. The molecule has 1 amide bonds. The summed E-state index contributed by atoms with van der Waals surface area (Å²) in [6, 6.07) is 20.7. The number of anilines is 1. The number of carbonyl (C=O) groups is 1. The van der Waals surface area contributed by atoms with Gasteiger partial charge in [0.1, 0.15) is 18.5 Å². The van der Waals surface area contributed by atoms with Gasteiger partial charge in [-0.2, -0.15) is 0 Å². The number of aliphatic hydroxyl groups is 2. The Bertz CT molecular complexity index is 921. The van der Waals surface area contributed by atoms with E-state index in [0.717, 1.165) is 16.3 Å². The molecule has 152 valence electrons. The Kier molecular flexibility index (Phi) is 7.44. The first-order valence-corrected chi connectivity index (χ1v) is 9.61. The number of amides is 1. The zero-order valence-corrected chi connectivity index (χ0v) is 16.1. The van der Waals surface area contributed by atoms with Crippen molar-refractivity contribution in [2.75, 3.05) is 25.1 Å². The van der Waals surface area contributed by atoms with Crippen LogP contribution in [0.5, 0.6) is 5.75 Å². The van der Waals surface area contributed by atoms with Crippen LogP contribution in [0.4, 0.5) is 10.5 Å². The van der Waals surface area contributed by atoms with E-state index in [1.54, 1.807) is 12.1 Å². The summed E-state index contributed by atoms with van der Waals surface area (Å²) in [4.78, 5) is 12.6. The van der Waals surface area contributed by atoms with Crippen molar-refractivity contribution in [1.29, 1.82) is 0 Å². The van der Waals surface area contributed by atoms with Crippen molar-refractivity contribution in [2.45, 2.75) is 18.9 Å². The standard InChI is InChI=1S/C23H25NO5/c25-14-4-9-22(18-10-12-19(13-11-18)28-16-15-26)29-23(27)24-21-8-3-6-17-5-1-2-7-20(17)21/h1-3,5-8,10-13,22,25-26H,4,9,14-16H2,(H,24,27)/t22-/m1/s1. The average molecular weight is 395 g/mol. The lowest BCUT2D eigenvalue weighted by Gasteiger charge is -2.19. The van der Waals surface area contributed by atoms with E-state index >= 15 is 0 Å². The molecule has 0 spiro atoms. The number of rotatable bonds is 9. The minimum atomic E-state index is -0.551. The third kappa shape index (κ3) is 5.70. The molecule has 0 fully saturated rings. The average Bonchev–Trinajstić information content (AvgIpc) is 2.76. The molecule has 0 aliphatic carbocycles. The molecule has 0 aliphatic heterocycles. The fourth-order valence-corrected chi connectivity index (χ4v) is 3.12. The van der Waals surface area contributed by atoms with E-state index in [9.17, 15) is 9.90 Å². The SMILES string of the molecule is O=C(Nc1cccc2ccccc12)O[C@H](CCCO)c1ccc(OCCO)cc1. The summed E-state index contributed by atoms with van der Waals surface area (Å²) in [5, 5.41) is 22.8. The van der Waals surface area contributed by atoms with E-state index in [0.29, 0.717) is 24.3 Å². The molecule has 3 N–H and O–H groups in total. The number of benzene rings is 3. The fourth-order valence-electron chi connectivity index (χ4n) is 3.12. The summed E-state index contributed by atoms with van der Waals surface area (Å²) in [5.41, 5.74) is 1.49. The van der Waals surface area contributed by atoms with Gasteiger partial charge in [-0.15, -0.1) is 0 Å². The second kappa shape index (κ2) is 10.5. The van der Waals surface area contributed by atoms with Crippen molar-refractivity contribution in [3.63, 3.8) is 0 Å². The monoisotopic (exact) mass is 395 g/mol. The number of fused-ring (bicyclic) bond motifs is 1. The van der Waals surface area contributed by atoms with E-state index in [1.807, 2.05) is 54.6 Å². The zero-order chi connectivity index (χ0) is 20.5. The van der Waals surface area contributed by atoms with Crippen LogP contribution in [-0.2, 0) is 4.74 Å². The third-order valence-electron chi connectivity index (χ3n) is 4.51. The Morgan fingerprint density at radius 3 is 2.45 bits per heavy atom. The van der Waals surface area contributed by atoms with Crippen LogP contribution >= 0.6 is 0 Å². The van der Waals surface area contributed by atoms with Crippen molar-refractivity contribution >= 4 is 22.6 Å². The van der Waals surface area contributed by atoms with Gasteiger partial charge in [-0.25, -0.2) is 4.79 Å². The Morgan fingerprint density at radius 1 is 0.931 bits per heavy atom. The maximum Gasteiger partial charge on any atom is 0.412 e. The van der Waals surface area contributed by atoms with E-state index in [2.05, 4.69) is 5.32 Å². The van der Waals surface area contributed by atoms with Crippen molar-refractivity contribution in [2.24, 2.45) is 0 Å². The Labute approximate surface area is 169 Å². The van der Waals surface area contributed by atoms with E-state index in [-0.39, 0.29) is 19.8 Å². The van der Waals surface area contributed by atoms with E-state index in [4.69, 9.17) is 14.6 Å². The second-order valence-electron chi connectivity index (χ2n) is 6.55. The quantitative estimate of drug-likeness (QED) is 0.503. The van der Waals surface area contributed by atoms with Crippen LogP contribution in [-0.4, -0.2) is 36.1 Å². The van der Waals surface area contributed by atoms with Crippen LogP contribution < -0.4 is 10.1 Å². The van der Waals surface area contributed by atoms with Crippen molar-refractivity contribution in [3.8, 4) is 5.75 Å². The van der Waals surface area contributed by atoms with Crippen molar-refractivity contribution in [1.82, 2.24) is 0 Å². The third-order valence-corrected chi connectivity index (χ3v) is 4.51. The van der Waals surface area contributed by atoms with Crippen LogP contribution in [0.15, 0.2) is 66.7 Å². The number of carbonyl (C=O) groups excluding carboxylic acids is 1. The van der Waals surface area contributed by atoms with Gasteiger partial charge in [0, 0.05) is 12.0 Å². The molecule has 0 heterocycles. The van der Waals surface area contributed by atoms with Crippen LogP contribution in [0.2, 0.25) is 0 Å². The maximum absolute atomic E-state index is 12.6. The summed E-state index contributed by atoms with van der Waals surface area (Å²) < 4.78 is 11.0. The smallest absolute Gasteiger partial charge is 0.412 e. The Morgan fingerprint density at radius 2 is 1.69 bits per heavy atom. The molecule has 6 heteroatoms. The minimum absolute atomic E-state index is 0.0164. The first-order valence-electron chi connectivity index (χ1n) is 9.61. The van der Waals surface area contributed by atoms with Gasteiger partial charge in [-0.05, 0) is 42.0 Å². The minimum Gasteiger partial charge on any atom is -0.491 e. The number of aliphatic hydroxyl groups excluding tert-OH is 2. The van der Waals surface area contributed by atoms with Crippen LogP contribution in [0.3, 0.4) is 0 Å². The van der Waals surface area contributed by atoms with Crippen LogP contribution in [0.25, 0.3) is 10.8 Å². The van der Waals surface area contributed by atoms with Gasteiger partial charge in [-0.1, -0.05) is 48.5 Å². The lowest BCUT2D eigenvalue weighted by molar-refractivity contribution is 0.0994. The summed E-state index contributed by atoms with van der Waals surface area (Å²) in [6.07, 6.45) is -0.0421. The molecule has 1 atom stereocenters. The van der Waals surface area contributed by atoms with Gasteiger partial charge < -0.3 is 19.7 Å². The fraction of sp³-hybridized carbons (Fsp3) is 0.261. The molecule has 29 heavy (non-hydrogen) atoms. The molecule has 6 nitrogen and oxygen atoms in total. The van der Waals surface area contributed by atoms with Crippen molar-refractivity contribution < 1.29 is 24.5 Å². The summed E-state index contributed by atoms with van der Waals surface area (Å²) in [6.45, 7) is 0.179. The molecule has 0 aromatic heterocycles. The number of hydrogen-bond acceptors (Lipinski definition) is 5. The number of nitrogens with one attached hydrogen (secondary N) is 1. The predicted octanol–water partition coefficient (Wildman–Crippen LogP) is 4.27. The van der Waals surface area contributed by atoms with Gasteiger partial charge in [0.15, 0.2) is 0 Å². The molecule has 3 aromatic rings. The summed E-state index contributed by atoms with van der Waals surface area (Å²) >= 11 is 0. The lowest BCUT2D eigenvalue weighted by Crippen LogP contribution is -2.18. The highest BCUT2D eigenvalue weighted by Crippen LogP contribution is 2.27. The number of hydrogen-bond donors (Lipinski definition) is 3. The summed E-state index contributed by atoms with van der Waals surface area (Å²) in [5.74, 6) is 0.629. The highest BCUT2D eigenvalue weighted by Gasteiger charge is 2.17. The van der Waals surface area contributed by atoms with Gasteiger partial charge >= 0.3 is 6.09 Å². The van der Waals surface area contributed by atoms with Crippen LogP contribution in [0.1, 0.15) is 24.5 Å². The van der Waals surface area contributed by atoms with Gasteiger partial charge in [0.25, 0.3) is 0 Å². The number of ether oxygens (including phenoxy) is 2. The van der Waals surface area contributed by atoms with E-state index in [1.165, 1.54) is 0 Å². The normalized spacial score (nSPS) is 11.8. The predicted molar refractivity (Wildman–Crippen MR) is 112 cm³/mol. The van der Waals surface area contributed by atoms with Gasteiger partial charge in [0.05, 0.1) is 12.3 Å². The molecule has 0 unspecified atom stereocenters. The summed E-state index contributed by atoms with van der Waals surface area (Å²) in [7, 11) is 0. The molecule has 3 rings (SSSR count). The highest BCUT2D eigenvalue weighted by molar-refractivity contribution is 6.00. The largest absolute Gasteiger partial charge is 0.491 e. The molecule has 0 saturated heterocycles. The zero-order valence-electron chi connectivity index (χ0n) is 16.1. The Hall–Kier alpha value is -3.09. The van der Waals surface area contributed by atoms with Crippen LogP contribution in [0, 0.1) is 0 Å².